The fraction of sp³-hybridized carbons (Fsp3) is 0.100. The Bertz CT molecular complexity index is 431. The molecular formula is C10H6FNO. The van der Waals surface area contributed by atoms with Crippen molar-refractivity contribution in [1.82, 2.24) is 0 Å². The van der Waals surface area contributed by atoms with Crippen LogP contribution < -0.4 is 0 Å². The first-order valence-corrected chi connectivity index (χ1v) is 3.82. The van der Waals surface area contributed by atoms with Gasteiger partial charge in [-0.25, -0.2) is 4.39 Å². The van der Waals surface area contributed by atoms with Gasteiger partial charge in [0.25, 0.3) is 0 Å². The van der Waals surface area contributed by atoms with Crippen molar-refractivity contribution in [2.24, 2.45) is 0 Å². The largest absolute Gasteiger partial charge is 0.384 e. The van der Waals surface area contributed by atoms with Crippen LogP contribution in [0.5, 0.6) is 0 Å². The maximum Gasteiger partial charge on any atom is 0.124 e. The van der Waals surface area contributed by atoms with E-state index in [0.29, 0.717) is 11.1 Å². The Morgan fingerprint density at radius 2 is 2.23 bits per heavy atom. The summed E-state index contributed by atoms with van der Waals surface area (Å²) in [6.07, 6.45) is 2.39. The molecule has 0 spiro atoms. The molecule has 3 heteroatoms. The highest BCUT2D eigenvalue weighted by Crippen LogP contribution is 2.30. The maximum atomic E-state index is 12.9. The van der Waals surface area contributed by atoms with Gasteiger partial charge in [0, 0.05) is 0 Å². The minimum Gasteiger partial charge on any atom is -0.384 e. The normalized spacial score (nSPS) is 18.4. The minimum absolute atomic E-state index is 0.266. The SMILES string of the molecule is N#Cc1cc(F)cc2c1C=CC2O. The van der Waals surface area contributed by atoms with Crippen LogP contribution in [0, 0.1) is 17.1 Å². The van der Waals surface area contributed by atoms with Crippen molar-refractivity contribution in [3.8, 4) is 6.07 Å². The highest BCUT2D eigenvalue weighted by molar-refractivity contribution is 5.67. The van der Waals surface area contributed by atoms with Crippen LogP contribution >= 0.6 is 0 Å². The molecule has 1 aromatic carbocycles. The lowest BCUT2D eigenvalue weighted by atomic mass is 10.0. The number of hydrogen-bond donors (Lipinski definition) is 1. The Morgan fingerprint density at radius 1 is 1.46 bits per heavy atom. The van der Waals surface area contributed by atoms with E-state index in [1.807, 2.05) is 6.07 Å². The predicted molar refractivity (Wildman–Crippen MR) is 45.1 cm³/mol. The summed E-state index contributed by atoms with van der Waals surface area (Å²) in [5, 5.41) is 18.0. The van der Waals surface area contributed by atoms with E-state index in [2.05, 4.69) is 0 Å². The van der Waals surface area contributed by atoms with E-state index >= 15 is 0 Å². The Kier molecular flexibility index (Phi) is 1.64. The summed E-state index contributed by atoms with van der Waals surface area (Å²) < 4.78 is 12.9. The van der Waals surface area contributed by atoms with Gasteiger partial charge >= 0.3 is 0 Å². The standard InChI is InChI=1S/C10H6FNO/c11-7-3-6(5-12)8-1-2-10(13)9(8)4-7/h1-4,10,13H. The van der Waals surface area contributed by atoms with Gasteiger partial charge in [-0.05, 0) is 23.3 Å². The molecule has 0 saturated carbocycles. The van der Waals surface area contributed by atoms with Crippen molar-refractivity contribution < 1.29 is 9.50 Å². The zero-order valence-electron chi connectivity index (χ0n) is 6.66. The van der Waals surface area contributed by atoms with Crippen molar-refractivity contribution in [3.63, 3.8) is 0 Å². The van der Waals surface area contributed by atoms with E-state index in [9.17, 15) is 9.50 Å². The molecule has 0 aliphatic heterocycles. The maximum absolute atomic E-state index is 12.9. The molecule has 2 nitrogen and oxygen atoms in total. The van der Waals surface area contributed by atoms with Gasteiger partial charge in [0.2, 0.25) is 0 Å². The molecule has 0 amide bonds. The first-order valence-electron chi connectivity index (χ1n) is 3.82. The molecule has 1 aliphatic carbocycles. The average molecular weight is 175 g/mol. The number of halogens is 1. The predicted octanol–water partition coefficient (Wildman–Crippen LogP) is 1.76. The third-order valence-corrected chi connectivity index (χ3v) is 2.06. The summed E-state index contributed by atoms with van der Waals surface area (Å²) in [6.45, 7) is 0. The highest BCUT2D eigenvalue weighted by atomic mass is 19.1. The van der Waals surface area contributed by atoms with Gasteiger partial charge in [-0.1, -0.05) is 12.2 Å². The Labute approximate surface area is 74.5 Å². The first kappa shape index (κ1) is 7.96. The fourth-order valence-corrected chi connectivity index (χ4v) is 1.45. The lowest BCUT2D eigenvalue weighted by Crippen LogP contribution is -1.94. The van der Waals surface area contributed by atoms with Crippen molar-refractivity contribution in [3.05, 3.63) is 40.7 Å². The number of nitriles is 1. The molecule has 1 N–H and O–H groups in total. The van der Waals surface area contributed by atoms with Crippen LogP contribution in [-0.4, -0.2) is 5.11 Å². The van der Waals surface area contributed by atoms with E-state index in [1.54, 1.807) is 6.08 Å². The van der Waals surface area contributed by atoms with Crippen LogP contribution in [-0.2, 0) is 0 Å². The van der Waals surface area contributed by atoms with E-state index in [-0.39, 0.29) is 5.56 Å². The topological polar surface area (TPSA) is 44.0 Å². The summed E-state index contributed by atoms with van der Waals surface area (Å²) in [5.41, 5.74) is 1.36. The quantitative estimate of drug-likeness (QED) is 0.652. The summed E-state index contributed by atoms with van der Waals surface area (Å²) >= 11 is 0. The molecule has 0 fully saturated rings. The van der Waals surface area contributed by atoms with Crippen LogP contribution in [0.25, 0.3) is 6.08 Å². The molecule has 0 saturated heterocycles. The summed E-state index contributed by atoms with van der Waals surface area (Å²) in [5.74, 6) is -0.488. The van der Waals surface area contributed by atoms with E-state index < -0.39 is 11.9 Å². The zero-order valence-corrected chi connectivity index (χ0v) is 6.66. The lowest BCUT2D eigenvalue weighted by Gasteiger charge is -2.04. The minimum atomic E-state index is -0.780. The third kappa shape index (κ3) is 1.12. The molecule has 13 heavy (non-hydrogen) atoms. The number of hydrogen-bond acceptors (Lipinski definition) is 2. The van der Waals surface area contributed by atoms with Crippen LogP contribution in [0.15, 0.2) is 18.2 Å². The number of nitrogens with zero attached hydrogens (tertiary/aromatic N) is 1. The van der Waals surface area contributed by atoms with Crippen LogP contribution in [0.4, 0.5) is 4.39 Å². The third-order valence-electron chi connectivity index (χ3n) is 2.06. The Balaban J connectivity index is 2.70. The van der Waals surface area contributed by atoms with E-state index in [0.717, 1.165) is 0 Å². The molecule has 0 radical (unpaired) electrons. The molecule has 1 unspecified atom stereocenters. The molecule has 1 atom stereocenters. The van der Waals surface area contributed by atoms with Gasteiger partial charge in [-0.2, -0.15) is 5.26 Å². The van der Waals surface area contributed by atoms with Gasteiger partial charge in [-0.3, -0.25) is 0 Å². The van der Waals surface area contributed by atoms with Gasteiger partial charge in [0.05, 0.1) is 17.7 Å². The molecular weight excluding hydrogens is 169 g/mol. The van der Waals surface area contributed by atoms with Crippen molar-refractivity contribution in [2.45, 2.75) is 6.10 Å². The zero-order chi connectivity index (χ0) is 9.42. The Hall–Kier alpha value is -1.66. The molecule has 0 bridgehead atoms. The summed E-state index contributed by atoms with van der Waals surface area (Å²) in [6, 6.07) is 4.31. The molecule has 2 rings (SSSR count). The monoisotopic (exact) mass is 175 g/mol. The molecule has 1 aromatic rings. The van der Waals surface area contributed by atoms with Crippen molar-refractivity contribution in [1.29, 1.82) is 5.26 Å². The second-order valence-corrected chi connectivity index (χ2v) is 2.87. The first-order chi connectivity index (χ1) is 6.22. The number of fused-ring (bicyclic) bond motifs is 1. The van der Waals surface area contributed by atoms with Crippen LogP contribution in [0.3, 0.4) is 0 Å². The van der Waals surface area contributed by atoms with Crippen LogP contribution in [0.2, 0.25) is 0 Å². The summed E-state index contributed by atoms with van der Waals surface area (Å²) in [4.78, 5) is 0. The Morgan fingerprint density at radius 3 is 2.92 bits per heavy atom. The van der Waals surface area contributed by atoms with Gasteiger partial charge in [0.15, 0.2) is 0 Å². The fourth-order valence-electron chi connectivity index (χ4n) is 1.45. The van der Waals surface area contributed by atoms with Crippen LogP contribution in [0.1, 0.15) is 22.8 Å². The number of aliphatic hydroxyl groups excluding tert-OH is 1. The highest BCUT2D eigenvalue weighted by Gasteiger charge is 2.18. The van der Waals surface area contributed by atoms with Crippen molar-refractivity contribution >= 4 is 6.08 Å². The van der Waals surface area contributed by atoms with Gasteiger partial charge in [0.1, 0.15) is 5.82 Å². The van der Waals surface area contributed by atoms with E-state index in [4.69, 9.17) is 5.26 Å². The molecule has 0 heterocycles. The number of benzene rings is 1. The number of rotatable bonds is 0. The van der Waals surface area contributed by atoms with Crippen molar-refractivity contribution in [2.75, 3.05) is 0 Å². The van der Waals surface area contributed by atoms with Gasteiger partial charge in [-0.15, -0.1) is 0 Å². The lowest BCUT2D eigenvalue weighted by molar-refractivity contribution is 0.231. The average Bonchev–Trinajstić information content (AvgIpc) is 2.47. The smallest absolute Gasteiger partial charge is 0.124 e. The second kappa shape index (κ2) is 2.68. The summed E-state index contributed by atoms with van der Waals surface area (Å²) in [7, 11) is 0. The molecule has 0 aromatic heterocycles. The molecule has 1 aliphatic rings. The second-order valence-electron chi connectivity index (χ2n) is 2.87. The molecule has 64 valence electrons. The number of aliphatic hydroxyl groups is 1. The van der Waals surface area contributed by atoms with E-state index in [1.165, 1.54) is 18.2 Å². The van der Waals surface area contributed by atoms with Gasteiger partial charge < -0.3 is 5.11 Å².